The molecule has 1 aliphatic rings. The summed E-state index contributed by atoms with van der Waals surface area (Å²) in [6, 6.07) is 23.1. The molecule has 0 radical (unpaired) electrons. The summed E-state index contributed by atoms with van der Waals surface area (Å²) in [5, 5.41) is 3.02. The summed E-state index contributed by atoms with van der Waals surface area (Å²) < 4.78 is 16.9. The summed E-state index contributed by atoms with van der Waals surface area (Å²) in [4.78, 5) is 15.2. The number of carbonyl (C=O) groups is 1. The summed E-state index contributed by atoms with van der Waals surface area (Å²) in [5.74, 6) is 2.81. The van der Waals surface area contributed by atoms with Gasteiger partial charge in [0.2, 0.25) is 5.91 Å². The summed E-state index contributed by atoms with van der Waals surface area (Å²) >= 11 is 0. The minimum Gasteiger partial charge on any atom is -0.497 e. The van der Waals surface area contributed by atoms with E-state index in [4.69, 9.17) is 14.2 Å². The molecule has 6 heteroatoms. The van der Waals surface area contributed by atoms with Gasteiger partial charge in [-0.25, -0.2) is 0 Å². The Balaban J connectivity index is 1.45. The number of hydrogen-bond donors (Lipinski definition) is 1. The molecule has 1 saturated carbocycles. The third-order valence-corrected chi connectivity index (χ3v) is 5.40. The van der Waals surface area contributed by atoms with E-state index in [2.05, 4.69) is 10.2 Å². The van der Waals surface area contributed by atoms with Crippen molar-refractivity contribution in [2.24, 2.45) is 0 Å². The van der Waals surface area contributed by atoms with Crippen LogP contribution in [-0.2, 0) is 11.3 Å². The van der Waals surface area contributed by atoms with Crippen LogP contribution >= 0.6 is 0 Å². The summed E-state index contributed by atoms with van der Waals surface area (Å²) in [5.41, 5.74) is 1.65. The van der Waals surface area contributed by atoms with Crippen molar-refractivity contribution in [3.05, 3.63) is 78.4 Å². The molecule has 1 N–H and O–H groups in total. The molecule has 0 bridgehead atoms. The van der Waals surface area contributed by atoms with Gasteiger partial charge in [-0.15, -0.1) is 0 Å². The SMILES string of the molecule is COc1ccc(OC)c(CN(CC(=O)Nc2ccccc2Oc2ccccc2)C2CC2)c1. The number of amides is 1. The van der Waals surface area contributed by atoms with Gasteiger partial charge in [0.25, 0.3) is 0 Å². The second-order valence-corrected chi connectivity index (χ2v) is 7.77. The first-order chi connectivity index (χ1) is 15.7. The number of rotatable bonds is 10. The average Bonchev–Trinajstić information content (AvgIpc) is 3.66. The quantitative estimate of drug-likeness (QED) is 0.483. The largest absolute Gasteiger partial charge is 0.497 e. The third kappa shape index (κ3) is 5.59. The normalized spacial score (nSPS) is 13.0. The Kier molecular flexibility index (Phi) is 6.92. The highest BCUT2D eigenvalue weighted by Crippen LogP contribution is 2.33. The molecule has 0 unspecified atom stereocenters. The molecule has 6 nitrogen and oxygen atoms in total. The molecule has 0 atom stereocenters. The number of nitrogens with one attached hydrogen (secondary N) is 1. The molecule has 0 spiro atoms. The van der Waals surface area contributed by atoms with Crippen LogP contribution in [0.2, 0.25) is 0 Å². The monoisotopic (exact) mass is 432 g/mol. The van der Waals surface area contributed by atoms with Crippen molar-refractivity contribution in [2.45, 2.75) is 25.4 Å². The third-order valence-electron chi connectivity index (χ3n) is 5.40. The number of anilines is 1. The van der Waals surface area contributed by atoms with Crippen LogP contribution in [-0.4, -0.2) is 37.6 Å². The molecule has 0 saturated heterocycles. The van der Waals surface area contributed by atoms with Gasteiger partial charge < -0.3 is 19.5 Å². The lowest BCUT2D eigenvalue weighted by Gasteiger charge is -2.23. The van der Waals surface area contributed by atoms with E-state index in [-0.39, 0.29) is 12.5 Å². The van der Waals surface area contributed by atoms with Crippen LogP contribution in [0.3, 0.4) is 0 Å². The van der Waals surface area contributed by atoms with Gasteiger partial charge in [0.15, 0.2) is 5.75 Å². The van der Waals surface area contributed by atoms with E-state index in [1.807, 2.05) is 72.8 Å². The molecule has 1 aliphatic carbocycles. The number of carbonyl (C=O) groups excluding carboxylic acids is 1. The lowest BCUT2D eigenvalue weighted by atomic mass is 10.1. The Morgan fingerprint density at radius 1 is 0.906 bits per heavy atom. The van der Waals surface area contributed by atoms with E-state index >= 15 is 0 Å². The topological polar surface area (TPSA) is 60.0 Å². The minimum absolute atomic E-state index is 0.0807. The van der Waals surface area contributed by atoms with Crippen molar-refractivity contribution in [3.8, 4) is 23.0 Å². The predicted molar refractivity (Wildman–Crippen MR) is 125 cm³/mol. The van der Waals surface area contributed by atoms with Crippen LogP contribution < -0.4 is 19.5 Å². The molecule has 166 valence electrons. The van der Waals surface area contributed by atoms with Crippen molar-refractivity contribution in [2.75, 3.05) is 26.1 Å². The maximum absolute atomic E-state index is 13.0. The number of para-hydroxylation sites is 3. The first-order valence-electron chi connectivity index (χ1n) is 10.7. The summed E-state index contributed by atoms with van der Waals surface area (Å²) in [7, 11) is 3.30. The van der Waals surface area contributed by atoms with Crippen LogP contribution in [0.5, 0.6) is 23.0 Å². The molecule has 4 rings (SSSR count). The van der Waals surface area contributed by atoms with Gasteiger partial charge in [-0.05, 0) is 55.3 Å². The van der Waals surface area contributed by atoms with Crippen LogP contribution in [0.1, 0.15) is 18.4 Å². The van der Waals surface area contributed by atoms with Gasteiger partial charge in [0, 0.05) is 18.2 Å². The van der Waals surface area contributed by atoms with Crippen LogP contribution in [0.25, 0.3) is 0 Å². The zero-order chi connectivity index (χ0) is 22.3. The molecule has 3 aromatic rings. The number of hydrogen-bond acceptors (Lipinski definition) is 5. The molecule has 0 aromatic heterocycles. The van der Waals surface area contributed by atoms with Gasteiger partial charge in [0.05, 0.1) is 26.5 Å². The van der Waals surface area contributed by atoms with Crippen molar-refractivity contribution in [3.63, 3.8) is 0 Å². The Bertz CT molecular complexity index is 1050. The average molecular weight is 433 g/mol. The molecule has 3 aromatic carbocycles. The second kappa shape index (κ2) is 10.2. The first-order valence-corrected chi connectivity index (χ1v) is 10.7. The van der Waals surface area contributed by atoms with Gasteiger partial charge >= 0.3 is 0 Å². The second-order valence-electron chi connectivity index (χ2n) is 7.77. The molecule has 1 fully saturated rings. The van der Waals surface area contributed by atoms with E-state index in [0.29, 0.717) is 24.0 Å². The van der Waals surface area contributed by atoms with E-state index in [0.717, 1.165) is 35.7 Å². The molecular weight excluding hydrogens is 404 g/mol. The molecular formula is C26H28N2O4. The number of nitrogens with zero attached hydrogens (tertiary/aromatic N) is 1. The lowest BCUT2D eigenvalue weighted by molar-refractivity contribution is -0.117. The van der Waals surface area contributed by atoms with Crippen molar-refractivity contribution >= 4 is 11.6 Å². The van der Waals surface area contributed by atoms with Gasteiger partial charge in [-0.3, -0.25) is 9.69 Å². The first kappa shape index (κ1) is 21.7. The van der Waals surface area contributed by atoms with E-state index in [9.17, 15) is 4.79 Å². The van der Waals surface area contributed by atoms with Crippen molar-refractivity contribution < 1.29 is 19.0 Å². The fraction of sp³-hybridized carbons (Fsp3) is 0.269. The Labute approximate surface area is 188 Å². The van der Waals surface area contributed by atoms with Gasteiger partial charge in [-0.2, -0.15) is 0 Å². The molecule has 1 amide bonds. The maximum atomic E-state index is 13.0. The summed E-state index contributed by atoms with van der Waals surface area (Å²) in [6.45, 7) is 0.894. The molecule has 32 heavy (non-hydrogen) atoms. The molecule has 0 aliphatic heterocycles. The van der Waals surface area contributed by atoms with E-state index in [1.165, 1.54) is 0 Å². The highest BCUT2D eigenvalue weighted by Gasteiger charge is 2.31. The van der Waals surface area contributed by atoms with Crippen molar-refractivity contribution in [1.29, 1.82) is 0 Å². The Morgan fingerprint density at radius 2 is 1.66 bits per heavy atom. The smallest absolute Gasteiger partial charge is 0.238 e. The van der Waals surface area contributed by atoms with Crippen LogP contribution in [0, 0.1) is 0 Å². The van der Waals surface area contributed by atoms with Crippen LogP contribution in [0.4, 0.5) is 5.69 Å². The maximum Gasteiger partial charge on any atom is 0.238 e. The zero-order valence-electron chi connectivity index (χ0n) is 18.4. The minimum atomic E-state index is -0.0807. The summed E-state index contributed by atoms with van der Waals surface area (Å²) in [6.07, 6.45) is 2.18. The number of methoxy groups -OCH3 is 2. The lowest BCUT2D eigenvalue weighted by Crippen LogP contribution is -2.34. The van der Waals surface area contributed by atoms with E-state index < -0.39 is 0 Å². The number of ether oxygens (including phenoxy) is 3. The fourth-order valence-electron chi connectivity index (χ4n) is 3.63. The highest BCUT2D eigenvalue weighted by atomic mass is 16.5. The standard InChI is InChI=1S/C26H28N2O4/c1-30-22-14-15-24(31-2)19(16-22)17-28(20-12-13-20)18-26(29)27-23-10-6-7-11-25(23)32-21-8-4-3-5-9-21/h3-11,14-16,20H,12-13,17-18H2,1-2H3,(H,27,29). The van der Waals surface area contributed by atoms with Gasteiger partial charge in [-0.1, -0.05) is 30.3 Å². The predicted octanol–water partition coefficient (Wildman–Crippen LogP) is 5.10. The van der Waals surface area contributed by atoms with E-state index in [1.54, 1.807) is 14.2 Å². The Hall–Kier alpha value is -3.51. The zero-order valence-corrected chi connectivity index (χ0v) is 18.4. The highest BCUT2D eigenvalue weighted by molar-refractivity contribution is 5.93. The fourth-order valence-corrected chi connectivity index (χ4v) is 3.63. The van der Waals surface area contributed by atoms with Gasteiger partial charge in [0.1, 0.15) is 17.2 Å². The van der Waals surface area contributed by atoms with Crippen LogP contribution in [0.15, 0.2) is 72.8 Å². The van der Waals surface area contributed by atoms with Crippen molar-refractivity contribution in [1.82, 2.24) is 4.90 Å². The number of benzene rings is 3. The Morgan fingerprint density at radius 3 is 2.38 bits per heavy atom. The molecule has 0 heterocycles.